The number of rotatable bonds is 7. The first-order chi connectivity index (χ1) is 15.0. The van der Waals surface area contributed by atoms with Crippen LogP contribution in [-0.2, 0) is 0 Å². The van der Waals surface area contributed by atoms with E-state index in [0.29, 0.717) is 17.5 Å². The van der Waals surface area contributed by atoms with Gasteiger partial charge in [0.05, 0.1) is 0 Å². The first-order valence-electron chi connectivity index (χ1n) is 11.0. The molecule has 164 valence electrons. The van der Waals surface area contributed by atoms with Gasteiger partial charge in [0.2, 0.25) is 5.95 Å². The maximum Gasteiger partial charge on any atom is 0.271 e. The number of benzene rings is 1. The van der Waals surface area contributed by atoms with E-state index in [9.17, 15) is 4.79 Å². The molecule has 2 heterocycles. The monoisotopic (exact) mass is 456 g/mol. The number of hydrogen-bond donors (Lipinski definition) is 1. The van der Waals surface area contributed by atoms with Crippen LogP contribution in [0.1, 0.15) is 57.6 Å². The molecule has 0 amide bonds. The highest BCUT2D eigenvalue weighted by Gasteiger charge is 2.22. The Bertz CT molecular complexity index is 1140. The molecule has 0 bridgehead atoms. The molecule has 0 radical (unpaired) electrons. The van der Waals surface area contributed by atoms with Crippen LogP contribution in [0.2, 0.25) is 5.02 Å². The summed E-state index contributed by atoms with van der Waals surface area (Å²) in [6, 6.07) is 8.24. The van der Waals surface area contributed by atoms with Crippen LogP contribution in [0.4, 0.5) is 11.6 Å². The van der Waals surface area contributed by atoms with Crippen molar-refractivity contribution in [2.45, 2.75) is 63.8 Å². The number of pyridine rings is 1. The lowest BCUT2D eigenvalue weighted by molar-refractivity contribution is 0.516. The van der Waals surface area contributed by atoms with Gasteiger partial charge >= 0.3 is 0 Å². The van der Waals surface area contributed by atoms with E-state index in [-0.39, 0.29) is 16.6 Å². The number of thioether (sulfide) groups is 1. The first kappa shape index (κ1) is 22.2. The Labute approximate surface area is 192 Å². The van der Waals surface area contributed by atoms with Gasteiger partial charge in [0.25, 0.3) is 5.56 Å². The van der Waals surface area contributed by atoms with Crippen LogP contribution in [0, 0.1) is 12.8 Å². The van der Waals surface area contributed by atoms with Crippen molar-refractivity contribution in [3.05, 3.63) is 51.4 Å². The highest BCUT2D eigenvalue weighted by molar-refractivity contribution is 7.99. The molecule has 7 heteroatoms. The summed E-state index contributed by atoms with van der Waals surface area (Å²) in [6.45, 7) is 6.60. The molecule has 1 aliphatic carbocycles. The van der Waals surface area contributed by atoms with Crippen molar-refractivity contribution in [2.75, 3.05) is 11.1 Å². The Morgan fingerprint density at radius 1 is 1.29 bits per heavy atom. The van der Waals surface area contributed by atoms with Crippen LogP contribution < -0.4 is 10.9 Å². The molecule has 1 fully saturated rings. The van der Waals surface area contributed by atoms with Crippen LogP contribution >= 0.6 is 23.4 Å². The van der Waals surface area contributed by atoms with Crippen LogP contribution in [0.5, 0.6) is 0 Å². The van der Waals surface area contributed by atoms with Gasteiger partial charge in [-0.05, 0) is 55.5 Å². The predicted molar refractivity (Wildman–Crippen MR) is 131 cm³/mol. The Morgan fingerprint density at radius 3 is 2.77 bits per heavy atom. The Hall–Kier alpha value is -2.05. The average Bonchev–Trinajstić information content (AvgIpc) is 3.29. The summed E-state index contributed by atoms with van der Waals surface area (Å²) in [5.41, 5.74) is 2.60. The predicted octanol–water partition coefficient (Wildman–Crippen LogP) is 6.75. The second-order valence-electron chi connectivity index (χ2n) is 8.50. The molecule has 3 aromatic rings. The Morgan fingerprint density at radius 2 is 2.06 bits per heavy atom. The number of nitrogens with zero attached hydrogens (tertiary/aromatic N) is 3. The van der Waals surface area contributed by atoms with E-state index in [0.717, 1.165) is 48.1 Å². The van der Waals surface area contributed by atoms with Gasteiger partial charge in [0.15, 0.2) is 0 Å². The fourth-order valence-electron chi connectivity index (χ4n) is 3.99. The molecule has 1 saturated carbocycles. The minimum atomic E-state index is -0.162. The number of nitrogens with one attached hydrogen (secondary N) is 1. The van der Waals surface area contributed by atoms with Gasteiger partial charge in [0, 0.05) is 34.0 Å². The number of halogens is 1. The summed E-state index contributed by atoms with van der Waals surface area (Å²) >= 11 is 8.12. The van der Waals surface area contributed by atoms with E-state index < -0.39 is 0 Å². The van der Waals surface area contributed by atoms with Gasteiger partial charge in [-0.1, -0.05) is 44.7 Å². The fraction of sp³-hybridized carbons (Fsp3) is 0.458. The lowest BCUT2D eigenvalue weighted by Crippen LogP contribution is -2.25. The third kappa shape index (κ3) is 4.90. The zero-order valence-corrected chi connectivity index (χ0v) is 19.9. The third-order valence-corrected chi connectivity index (χ3v) is 7.69. The summed E-state index contributed by atoms with van der Waals surface area (Å²) in [6.07, 6.45) is 7.16. The largest absolute Gasteiger partial charge is 0.324 e. The van der Waals surface area contributed by atoms with Gasteiger partial charge in [0.1, 0.15) is 10.7 Å². The normalized spacial score (nSPS) is 15.5. The molecule has 2 aromatic heterocycles. The van der Waals surface area contributed by atoms with E-state index in [2.05, 4.69) is 49.3 Å². The first-order valence-corrected chi connectivity index (χ1v) is 12.4. The molecule has 1 unspecified atom stereocenters. The number of anilines is 2. The number of fused-ring (bicyclic) bond motifs is 1. The molecule has 0 saturated heterocycles. The molecule has 0 spiro atoms. The smallest absolute Gasteiger partial charge is 0.271 e. The van der Waals surface area contributed by atoms with Gasteiger partial charge in [-0.2, -0.15) is 4.98 Å². The molecule has 4 rings (SSSR count). The molecule has 1 aromatic carbocycles. The number of aryl methyl sites for hydroxylation is 1. The number of hydrogen-bond acceptors (Lipinski definition) is 5. The zero-order chi connectivity index (χ0) is 22.0. The van der Waals surface area contributed by atoms with Crippen LogP contribution in [0.3, 0.4) is 0 Å². The topological polar surface area (TPSA) is 59.8 Å². The summed E-state index contributed by atoms with van der Waals surface area (Å²) in [7, 11) is 0. The minimum Gasteiger partial charge on any atom is -0.324 e. The van der Waals surface area contributed by atoms with Gasteiger partial charge in [-0.15, -0.1) is 11.8 Å². The lowest BCUT2D eigenvalue weighted by atomic mass is 10.2. The second-order valence-corrected chi connectivity index (χ2v) is 10.0. The van der Waals surface area contributed by atoms with E-state index >= 15 is 0 Å². The standard InChI is InChI=1S/C24H29ClN4OS/c1-4-15(2)14-31-19-9-10-21(16(3)11-19)27-24-26-13-17-12-20(25)23(30)29(22(17)28-24)18-7-5-6-8-18/h9-13,15,18H,4-8,14H2,1-3H3,(H,26,27,28). The zero-order valence-electron chi connectivity index (χ0n) is 18.3. The minimum absolute atomic E-state index is 0.153. The molecule has 1 N–H and O–H groups in total. The SMILES string of the molecule is CCC(C)CSc1ccc(Nc2ncc3cc(Cl)c(=O)n(C4CCCC4)c3n2)c(C)c1. The van der Waals surface area contributed by atoms with Gasteiger partial charge in [-0.25, -0.2) is 4.98 Å². The third-order valence-electron chi connectivity index (χ3n) is 6.10. The van der Waals surface area contributed by atoms with Crippen molar-refractivity contribution in [1.29, 1.82) is 0 Å². The highest BCUT2D eigenvalue weighted by atomic mass is 35.5. The van der Waals surface area contributed by atoms with E-state index in [1.54, 1.807) is 16.8 Å². The Balaban J connectivity index is 1.62. The van der Waals surface area contributed by atoms with Crippen molar-refractivity contribution < 1.29 is 0 Å². The van der Waals surface area contributed by atoms with E-state index in [4.69, 9.17) is 16.6 Å². The Kier molecular flexibility index (Phi) is 6.87. The van der Waals surface area contributed by atoms with Crippen molar-refractivity contribution in [1.82, 2.24) is 14.5 Å². The van der Waals surface area contributed by atoms with Crippen LogP contribution in [0.15, 0.2) is 40.2 Å². The van der Waals surface area contributed by atoms with Crippen molar-refractivity contribution in [3.8, 4) is 0 Å². The average molecular weight is 457 g/mol. The van der Waals surface area contributed by atoms with Crippen molar-refractivity contribution >= 4 is 46.0 Å². The lowest BCUT2D eigenvalue weighted by Gasteiger charge is -2.17. The fourth-order valence-corrected chi connectivity index (χ4v) is 5.34. The summed E-state index contributed by atoms with van der Waals surface area (Å²) < 4.78 is 1.78. The molecule has 5 nitrogen and oxygen atoms in total. The molecular formula is C24H29ClN4OS. The summed E-state index contributed by atoms with van der Waals surface area (Å²) in [5.74, 6) is 2.32. The molecule has 31 heavy (non-hydrogen) atoms. The highest BCUT2D eigenvalue weighted by Crippen LogP contribution is 2.32. The maximum absolute atomic E-state index is 12.8. The molecule has 0 aliphatic heterocycles. The van der Waals surface area contributed by atoms with Crippen LogP contribution in [-0.4, -0.2) is 20.3 Å². The van der Waals surface area contributed by atoms with E-state index in [1.165, 1.54) is 11.3 Å². The van der Waals surface area contributed by atoms with E-state index in [1.807, 2.05) is 11.8 Å². The van der Waals surface area contributed by atoms with Crippen LogP contribution in [0.25, 0.3) is 11.0 Å². The second kappa shape index (κ2) is 9.61. The summed E-state index contributed by atoms with van der Waals surface area (Å²) in [4.78, 5) is 23.3. The molecule has 1 atom stereocenters. The van der Waals surface area contributed by atoms with Gasteiger partial charge < -0.3 is 5.32 Å². The van der Waals surface area contributed by atoms with Crippen molar-refractivity contribution in [2.24, 2.45) is 5.92 Å². The summed E-state index contributed by atoms with van der Waals surface area (Å²) in [5, 5.41) is 4.35. The molecule has 1 aliphatic rings. The molecular weight excluding hydrogens is 428 g/mol. The maximum atomic E-state index is 12.8. The number of aromatic nitrogens is 3. The van der Waals surface area contributed by atoms with Crippen molar-refractivity contribution in [3.63, 3.8) is 0 Å². The van der Waals surface area contributed by atoms with Gasteiger partial charge in [-0.3, -0.25) is 9.36 Å². The quantitative estimate of drug-likeness (QED) is 0.398.